The molecule has 2 amide bonds. The number of hydrogen-bond acceptors (Lipinski definition) is 5. The Morgan fingerprint density at radius 2 is 1.08 bits per heavy atom. The van der Waals surface area contributed by atoms with E-state index in [1.807, 2.05) is 0 Å². The third kappa shape index (κ3) is 3.39. The van der Waals surface area contributed by atoms with Crippen LogP contribution >= 0.6 is 0 Å². The highest BCUT2D eigenvalue weighted by Gasteiger charge is 2.24. The van der Waals surface area contributed by atoms with Crippen molar-refractivity contribution in [3.8, 4) is 11.5 Å². The number of nitrogens with two attached hydrogens (primary N) is 2. The number of ether oxygens (including phenoxy) is 1. The Hall–Kier alpha value is -3.88. The molecular weight excluding hydrogens is 332 g/mol. The van der Waals surface area contributed by atoms with E-state index in [0.29, 0.717) is 0 Å². The molecule has 0 saturated carbocycles. The van der Waals surface area contributed by atoms with Crippen molar-refractivity contribution in [1.29, 1.82) is 0 Å². The fraction of sp³-hybridized carbons (Fsp3) is 0. The second-order valence-electron chi connectivity index (χ2n) is 4.80. The summed E-state index contributed by atoms with van der Waals surface area (Å²) in [5.41, 5.74) is 8.77. The van der Waals surface area contributed by atoms with Crippen molar-refractivity contribution in [3.05, 3.63) is 58.7 Å². The summed E-state index contributed by atoms with van der Waals surface area (Å²) < 4.78 is 5.42. The molecule has 9 nitrogen and oxygen atoms in total. The lowest BCUT2D eigenvalue weighted by Gasteiger charge is -2.14. The van der Waals surface area contributed by atoms with Crippen LogP contribution in [0.15, 0.2) is 36.4 Å². The Bertz CT molecular complexity index is 832. The molecule has 6 N–H and O–H groups in total. The predicted octanol–water partition coefficient (Wildman–Crippen LogP) is 1.07. The largest absolute Gasteiger partial charge is 0.478 e. The zero-order chi connectivity index (χ0) is 18.7. The first-order valence-corrected chi connectivity index (χ1v) is 6.74. The Labute approximate surface area is 140 Å². The molecule has 2 aromatic rings. The van der Waals surface area contributed by atoms with Crippen LogP contribution in [0.4, 0.5) is 0 Å². The van der Waals surface area contributed by atoms with Gasteiger partial charge < -0.3 is 26.4 Å². The third-order valence-corrected chi connectivity index (χ3v) is 3.23. The minimum Gasteiger partial charge on any atom is -0.478 e. The van der Waals surface area contributed by atoms with Gasteiger partial charge in [0.1, 0.15) is 11.5 Å². The fourth-order valence-electron chi connectivity index (χ4n) is 2.22. The van der Waals surface area contributed by atoms with Crippen LogP contribution in [0.5, 0.6) is 11.5 Å². The molecular formula is C16H12N2O7. The lowest BCUT2D eigenvalue weighted by Crippen LogP contribution is -2.19. The quantitative estimate of drug-likeness (QED) is 0.607. The van der Waals surface area contributed by atoms with Gasteiger partial charge in [0.15, 0.2) is 0 Å². The van der Waals surface area contributed by atoms with E-state index in [9.17, 15) is 19.2 Å². The minimum absolute atomic E-state index is 0.252. The molecule has 25 heavy (non-hydrogen) atoms. The summed E-state index contributed by atoms with van der Waals surface area (Å²) in [6, 6.07) is 7.41. The van der Waals surface area contributed by atoms with Crippen LogP contribution in [0.3, 0.4) is 0 Å². The fourth-order valence-corrected chi connectivity index (χ4v) is 2.22. The Morgan fingerprint density at radius 1 is 0.720 bits per heavy atom. The number of aromatic carboxylic acids is 2. The van der Waals surface area contributed by atoms with Crippen LogP contribution in [0, 0.1) is 0 Å². The van der Waals surface area contributed by atoms with Crippen LogP contribution in [0.1, 0.15) is 41.4 Å². The number of hydrogen-bond donors (Lipinski definition) is 4. The van der Waals surface area contributed by atoms with Gasteiger partial charge in [0, 0.05) is 0 Å². The van der Waals surface area contributed by atoms with Crippen LogP contribution < -0.4 is 16.2 Å². The van der Waals surface area contributed by atoms with Crippen molar-refractivity contribution < 1.29 is 34.1 Å². The molecule has 0 radical (unpaired) electrons. The van der Waals surface area contributed by atoms with E-state index in [1.54, 1.807) is 0 Å². The summed E-state index contributed by atoms with van der Waals surface area (Å²) in [4.78, 5) is 45.7. The number of carboxylic acid groups (broad SMARTS) is 2. The number of rotatable bonds is 6. The third-order valence-electron chi connectivity index (χ3n) is 3.23. The zero-order valence-corrected chi connectivity index (χ0v) is 12.6. The number of carbonyl (C=O) groups excluding carboxylic acids is 2. The van der Waals surface area contributed by atoms with Gasteiger partial charge >= 0.3 is 11.9 Å². The molecule has 0 atom stereocenters. The van der Waals surface area contributed by atoms with Crippen molar-refractivity contribution >= 4 is 23.8 Å². The Morgan fingerprint density at radius 3 is 1.36 bits per heavy atom. The van der Waals surface area contributed by atoms with E-state index in [-0.39, 0.29) is 11.5 Å². The first-order valence-electron chi connectivity index (χ1n) is 6.74. The highest BCUT2D eigenvalue weighted by Crippen LogP contribution is 2.31. The number of amides is 2. The summed E-state index contributed by atoms with van der Waals surface area (Å²) >= 11 is 0. The normalized spacial score (nSPS) is 10.1. The van der Waals surface area contributed by atoms with Gasteiger partial charge in [-0.2, -0.15) is 0 Å². The number of carboxylic acids is 2. The molecule has 0 saturated heterocycles. The standard InChI is InChI=1S/C16H12N2O7/c17-13(19)11-7(15(21)22)3-1-5-9(11)25-10-6-2-4-8(16(23)24)12(10)14(18)20/h1-6H,(H2,17,19)(H2,18,20)(H,21,22)(H,23,24). The Kier molecular flexibility index (Phi) is 4.69. The maximum absolute atomic E-state index is 11.6. The maximum atomic E-state index is 11.6. The van der Waals surface area contributed by atoms with Gasteiger partial charge in [0.25, 0.3) is 11.8 Å². The smallest absolute Gasteiger partial charge is 0.336 e. The molecule has 0 heterocycles. The van der Waals surface area contributed by atoms with Crippen molar-refractivity contribution in [2.24, 2.45) is 11.5 Å². The molecule has 0 bridgehead atoms. The van der Waals surface area contributed by atoms with Crippen molar-refractivity contribution in [2.45, 2.75) is 0 Å². The van der Waals surface area contributed by atoms with Gasteiger partial charge in [-0.25, -0.2) is 9.59 Å². The summed E-state index contributed by atoms with van der Waals surface area (Å²) in [6.07, 6.45) is 0. The average Bonchev–Trinajstić information content (AvgIpc) is 2.53. The topological polar surface area (TPSA) is 170 Å². The molecule has 2 aromatic carbocycles. The summed E-state index contributed by atoms with van der Waals surface area (Å²) in [5.74, 6) is -5.46. The van der Waals surface area contributed by atoms with E-state index < -0.39 is 46.0 Å². The van der Waals surface area contributed by atoms with Crippen molar-refractivity contribution in [1.82, 2.24) is 0 Å². The highest BCUT2D eigenvalue weighted by atomic mass is 16.5. The monoisotopic (exact) mass is 344 g/mol. The SMILES string of the molecule is NC(=O)c1c(Oc2cccc(C(=O)O)c2C(N)=O)cccc1C(=O)O. The van der Waals surface area contributed by atoms with E-state index in [2.05, 4.69) is 0 Å². The number of primary amides is 2. The highest BCUT2D eigenvalue weighted by molar-refractivity contribution is 6.07. The van der Waals surface area contributed by atoms with Gasteiger partial charge in [-0.1, -0.05) is 12.1 Å². The maximum Gasteiger partial charge on any atom is 0.336 e. The molecule has 9 heteroatoms. The molecule has 128 valence electrons. The van der Waals surface area contributed by atoms with Crippen molar-refractivity contribution in [2.75, 3.05) is 0 Å². The lowest BCUT2D eigenvalue weighted by atomic mass is 10.0. The summed E-state index contributed by atoms with van der Waals surface area (Å²) in [5, 5.41) is 18.3. The van der Waals surface area contributed by atoms with E-state index >= 15 is 0 Å². The molecule has 0 aliphatic heterocycles. The zero-order valence-electron chi connectivity index (χ0n) is 12.6. The lowest BCUT2D eigenvalue weighted by molar-refractivity contribution is 0.0683. The van der Waals surface area contributed by atoms with Crippen LogP contribution in [0.25, 0.3) is 0 Å². The van der Waals surface area contributed by atoms with Crippen LogP contribution in [-0.2, 0) is 0 Å². The molecule has 0 aromatic heterocycles. The van der Waals surface area contributed by atoms with Gasteiger partial charge in [-0.3, -0.25) is 9.59 Å². The molecule has 2 rings (SSSR count). The molecule has 0 aliphatic rings. The second kappa shape index (κ2) is 6.71. The Balaban J connectivity index is 2.66. The van der Waals surface area contributed by atoms with Gasteiger partial charge in [-0.15, -0.1) is 0 Å². The minimum atomic E-state index is -1.41. The molecule has 0 fully saturated rings. The van der Waals surface area contributed by atoms with Crippen LogP contribution in [-0.4, -0.2) is 34.0 Å². The summed E-state index contributed by atoms with van der Waals surface area (Å²) in [7, 11) is 0. The molecule has 0 spiro atoms. The first kappa shape index (κ1) is 17.5. The summed E-state index contributed by atoms with van der Waals surface area (Å²) in [6.45, 7) is 0. The van der Waals surface area contributed by atoms with Crippen LogP contribution in [0.2, 0.25) is 0 Å². The van der Waals surface area contributed by atoms with Gasteiger partial charge in [0.05, 0.1) is 22.3 Å². The van der Waals surface area contributed by atoms with E-state index in [0.717, 1.165) is 12.1 Å². The second-order valence-corrected chi connectivity index (χ2v) is 4.80. The van der Waals surface area contributed by atoms with Gasteiger partial charge in [-0.05, 0) is 24.3 Å². The first-order chi connectivity index (χ1) is 11.7. The van der Waals surface area contributed by atoms with Crippen molar-refractivity contribution in [3.63, 3.8) is 0 Å². The molecule has 0 aliphatic carbocycles. The molecule has 0 unspecified atom stereocenters. The van der Waals surface area contributed by atoms with Gasteiger partial charge in [0.2, 0.25) is 0 Å². The van der Waals surface area contributed by atoms with E-state index in [1.165, 1.54) is 24.3 Å². The number of benzene rings is 2. The average molecular weight is 344 g/mol. The predicted molar refractivity (Wildman–Crippen MR) is 83.9 cm³/mol. The number of carbonyl (C=O) groups is 4. The van der Waals surface area contributed by atoms with E-state index in [4.69, 9.17) is 26.4 Å².